The number of rotatable bonds is 4. The summed E-state index contributed by atoms with van der Waals surface area (Å²) in [5, 5.41) is 1.55. The lowest BCUT2D eigenvalue weighted by atomic mass is 10.2. The van der Waals surface area contributed by atoms with Crippen molar-refractivity contribution < 1.29 is 4.74 Å². The Morgan fingerprint density at radius 3 is 2.72 bits per heavy atom. The van der Waals surface area contributed by atoms with Gasteiger partial charge in [0.1, 0.15) is 17.4 Å². The van der Waals surface area contributed by atoms with Gasteiger partial charge in [-0.05, 0) is 31.5 Å². The number of hydrogen-bond donors (Lipinski definition) is 1. The van der Waals surface area contributed by atoms with E-state index in [0.717, 1.165) is 16.3 Å². The lowest BCUT2D eigenvalue weighted by molar-refractivity contribution is 0.305. The maximum absolute atomic E-state index is 6.11. The summed E-state index contributed by atoms with van der Waals surface area (Å²) in [5.74, 6) is 0.666. The van der Waals surface area contributed by atoms with Gasteiger partial charge in [-0.15, -0.1) is 11.3 Å². The van der Waals surface area contributed by atoms with Crippen molar-refractivity contribution in [3.63, 3.8) is 0 Å². The topological polar surface area (TPSA) is 48.1 Å². The van der Waals surface area contributed by atoms with Crippen molar-refractivity contribution in [3.8, 4) is 5.75 Å². The number of aryl methyl sites for hydroxylation is 2. The Balaban J connectivity index is 2.06. The second-order valence-corrected chi connectivity index (χ2v) is 5.70. The highest BCUT2D eigenvalue weighted by atomic mass is 35.5. The molecule has 1 heterocycles. The SMILES string of the molecule is Cc1nc(COc2ccc(CN)cc2Cl)sc1C. The van der Waals surface area contributed by atoms with E-state index in [9.17, 15) is 0 Å². The van der Waals surface area contributed by atoms with Crippen LogP contribution in [0.25, 0.3) is 0 Å². The number of ether oxygens (including phenoxy) is 1. The Hall–Kier alpha value is -1.10. The van der Waals surface area contributed by atoms with Gasteiger partial charge in [-0.3, -0.25) is 0 Å². The summed E-state index contributed by atoms with van der Waals surface area (Å²) in [7, 11) is 0. The summed E-state index contributed by atoms with van der Waals surface area (Å²) >= 11 is 7.76. The molecular weight excluding hydrogens is 268 g/mol. The van der Waals surface area contributed by atoms with E-state index in [1.54, 1.807) is 11.3 Å². The van der Waals surface area contributed by atoms with Crippen LogP contribution in [-0.2, 0) is 13.2 Å². The van der Waals surface area contributed by atoms with Crippen molar-refractivity contribution in [2.75, 3.05) is 0 Å². The maximum atomic E-state index is 6.11. The van der Waals surface area contributed by atoms with Crippen LogP contribution in [-0.4, -0.2) is 4.98 Å². The first-order valence-electron chi connectivity index (χ1n) is 5.64. The highest BCUT2D eigenvalue weighted by Gasteiger charge is 2.07. The average Bonchev–Trinajstić information content (AvgIpc) is 2.67. The molecule has 0 fully saturated rings. The standard InChI is InChI=1S/C13H15ClN2OS/c1-8-9(2)18-13(16-8)7-17-12-4-3-10(6-15)5-11(12)14/h3-5H,6-7,15H2,1-2H3. The summed E-state index contributed by atoms with van der Waals surface area (Å²) in [6.45, 7) is 4.98. The van der Waals surface area contributed by atoms with Crippen LogP contribution in [0.3, 0.4) is 0 Å². The summed E-state index contributed by atoms with van der Waals surface area (Å²) in [5.41, 5.74) is 7.60. The number of hydrogen-bond acceptors (Lipinski definition) is 4. The number of nitrogens with two attached hydrogens (primary N) is 1. The minimum Gasteiger partial charge on any atom is -0.485 e. The van der Waals surface area contributed by atoms with Gasteiger partial charge < -0.3 is 10.5 Å². The Kier molecular flexibility index (Phi) is 4.22. The number of benzene rings is 1. The van der Waals surface area contributed by atoms with Crippen LogP contribution in [0.4, 0.5) is 0 Å². The van der Waals surface area contributed by atoms with E-state index in [2.05, 4.69) is 11.9 Å². The molecule has 0 saturated heterocycles. The molecule has 96 valence electrons. The van der Waals surface area contributed by atoms with E-state index in [4.69, 9.17) is 22.1 Å². The Morgan fingerprint density at radius 1 is 1.39 bits per heavy atom. The van der Waals surface area contributed by atoms with Crippen molar-refractivity contribution in [1.82, 2.24) is 4.98 Å². The third-order valence-electron chi connectivity index (χ3n) is 2.66. The molecule has 1 aromatic heterocycles. The molecule has 0 aliphatic carbocycles. The number of nitrogens with zero attached hydrogens (tertiary/aromatic N) is 1. The molecule has 2 aromatic rings. The van der Waals surface area contributed by atoms with E-state index >= 15 is 0 Å². The van der Waals surface area contributed by atoms with E-state index in [0.29, 0.717) is 23.9 Å². The molecule has 0 aliphatic rings. The molecular formula is C13H15ClN2OS. The van der Waals surface area contributed by atoms with E-state index in [1.165, 1.54) is 4.88 Å². The molecule has 0 unspecified atom stereocenters. The number of halogens is 1. The fourth-order valence-corrected chi connectivity index (χ4v) is 2.63. The van der Waals surface area contributed by atoms with E-state index in [1.807, 2.05) is 25.1 Å². The monoisotopic (exact) mass is 282 g/mol. The minimum atomic E-state index is 0.445. The first kappa shape index (κ1) is 13.3. The van der Waals surface area contributed by atoms with Crippen molar-refractivity contribution in [1.29, 1.82) is 0 Å². The van der Waals surface area contributed by atoms with Crippen LogP contribution in [0.15, 0.2) is 18.2 Å². The summed E-state index contributed by atoms with van der Waals surface area (Å²) in [6.07, 6.45) is 0. The zero-order valence-electron chi connectivity index (χ0n) is 10.4. The van der Waals surface area contributed by atoms with Gasteiger partial charge in [-0.1, -0.05) is 17.7 Å². The molecule has 0 amide bonds. The van der Waals surface area contributed by atoms with Gasteiger partial charge in [0.2, 0.25) is 0 Å². The lowest BCUT2D eigenvalue weighted by Gasteiger charge is -2.07. The fraction of sp³-hybridized carbons (Fsp3) is 0.308. The molecule has 0 atom stereocenters. The van der Waals surface area contributed by atoms with Gasteiger partial charge in [0.15, 0.2) is 0 Å². The molecule has 2 rings (SSSR count). The van der Waals surface area contributed by atoms with Gasteiger partial charge in [0.25, 0.3) is 0 Å². The molecule has 0 radical (unpaired) electrons. The summed E-state index contributed by atoms with van der Waals surface area (Å²) < 4.78 is 5.67. The minimum absolute atomic E-state index is 0.445. The predicted molar refractivity (Wildman–Crippen MR) is 75.3 cm³/mol. The zero-order valence-corrected chi connectivity index (χ0v) is 11.9. The van der Waals surface area contributed by atoms with Crippen molar-refractivity contribution >= 4 is 22.9 Å². The van der Waals surface area contributed by atoms with Gasteiger partial charge in [0.05, 0.1) is 10.7 Å². The molecule has 0 bridgehead atoms. The predicted octanol–water partition coefficient (Wildman–Crippen LogP) is 3.45. The molecule has 18 heavy (non-hydrogen) atoms. The first-order valence-corrected chi connectivity index (χ1v) is 6.84. The van der Waals surface area contributed by atoms with Crippen molar-refractivity contribution in [3.05, 3.63) is 44.4 Å². The molecule has 1 aromatic carbocycles. The fourth-order valence-electron chi connectivity index (χ4n) is 1.53. The molecule has 0 saturated carbocycles. The van der Waals surface area contributed by atoms with Crippen LogP contribution in [0, 0.1) is 13.8 Å². The highest BCUT2D eigenvalue weighted by molar-refractivity contribution is 7.11. The third kappa shape index (κ3) is 3.02. The summed E-state index contributed by atoms with van der Waals surface area (Å²) in [4.78, 5) is 5.64. The maximum Gasteiger partial charge on any atom is 0.140 e. The van der Waals surface area contributed by atoms with E-state index in [-0.39, 0.29) is 0 Å². The van der Waals surface area contributed by atoms with Crippen LogP contribution in [0.1, 0.15) is 21.1 Å². The normalized spacial score (nSPS) is 10.7. The second-order valence-electron chi connectivity index (χ2n) is 4.01. The van der Waals surface area contributed by atoms with Crippen molar-refractivity contribution in [2.45, 2.75) is 27.0 Å². The number of aromatic nitrogens is 1. The van der Waals surface area contributed by atoms with Crippen LogP contribution < -0.4 is 10.5 Å². The molecule has 3 nitrogen and oxygen atoms in total. The average molecular weight is 283 g/mol. The zero-order chi connectivity index (χ0) is 13.1. The van der Waals surface area contributed by atoms with Gasteiger partial charge in [0, 0.05) is 11.4 Å². The second kappa shape index (κ2) is 5.69. The van der Waals surface area contributed by atoms with Gasteiger partial charge >= 0.3 is 0 Å². The Morgan fingerprint density at radius 2 is 2.17 bits per heavy atom. The largest absolute Gasteiger partial charge is 0.485 e. The van der Waals surface area contributed by atoms with Gasteiger partial charge in [-0.2, -0.15) is 0 Å². The number of thiazole rings is 1. The molecule has 2 N–H and O–H groups in total. The van der Waals surface area contributed by atoms with E-state index < -0.39 is 0 Å². The molecule has 0 spiro atoms. The Labute approximate surface area is 116 Å². The summed E-state index contributed by atoms with van der Waals surface area (Å²) in [6, 6.07) is 5.59. The molecule has 5 heteroatoms. The Bertz CT molecular complexity index is 534. The van der Waals surface area contributed by atoms with Crippen LogP contribution >= 0.6 is 22.9 Å². The smallest absolute Gasteiger partial charge is 0.140 e. The van der Waals surface area contributed by atoms with Crippen molar-refractivity contribution in [2.24, 2.45) is 5.73 Å². The molecule has 0 aliphatic heterocycles. The van der Waals surface area contributed by atoms with Crippen LogP contribution in [0.2, 0.25) is 5.02 Å². The highest BCUT2D eigenvalue weighted by Crippen LogP contribution is 2.27. The van der Waals surface area contributed by atoms with Gasteiger partial charge in [-0.25, -0.2) is 4.98 Å². The first-order chi connectivity index (χ1) is 8.60. The third-order valence-corrected chi connectivity index (χ3v) is 4.00. The quantitative estimate of drug-likeness (QED) is 0.934. The van der Waals surface area contributed by atoms with Crippen LogP contribution in [0.5, 0.6) is 5.75 Å². The lowest BCUT2D eigenvalue weighted by Crippen LogP contribution is -1.98.